The van der Waals surface area contributed by atoms with Crippen LogP contribution in [0.5, 0.6) is 0 Å². The van der Waals surface area contributed by atoms with Crippen molar-refractivity contribution in [3.63, 3.8) is 0 Å². The Hall–Kier alpha value is -2.34. The third kappa shape index (κ3) is 3.59. The van der Waals surface area contributed by atoms with Gasteiger partial charge < -0.3 is 4.90 Å². The fourth-order valence-electron chi connectivity index (χ4n) is 3.06. The Morgan fingerprint density at radius 3 is 3.08 bits per heavy atom. The van der Waals surface area contributed by atoms with Crippen molar-refractivity contribution in [3.8, 4) is 0 Å². The van der Waals surface area contributed by atoms with Crippen LogP contribution in [0, 0.1) is 5.82 Å². The van der Waals surface area contributed by atoms with E-state index < -0.39 is 0 Å². The number of rotatable bonds is 4. The molecular weight excluding hydrogens is 307 g/mol. The fourth-order valence-corrected chi connectivity index (χ4v) is 3.06. The van der Waals surface area contributed by atoms with Gasteiger partial charge in [-0.3, -0.25) is 9.69 Å². The summed E-state index contributed by atoms with van der Waals surface area (Å²) in [6.45, 7) is 3.77. The lowest BCUT2D eigenvalue weighted by molar-refractivity contribution is -0.136. The number of halogens is 1. The number of hydrogen-bond acceptors (Lipinski definition) is 4. The molecule has 126 valence electrons. The number of hydrogen-bond donors (Lipinski definition) is 0. The molecule has 0 saturated carbocycles. The molecule has 1 aliphatic rings. The van der Waals surface area contributed by atoms with Crippen molar-refractivity contribution in [2.45, 2.75) is 32.5 Å². The van der Waals surface area contributed by atoms with Crippen LogP contribution in [0.1, 0.15) is 23.7 Å². The molecule has 0 bridgehead atoms. The molecule has 0 spiro atoms. The lowest BCUT2D eigenvalue weighted by atomic mass is 10.0. The van der Waals surface area contributed by atoms with Crippen molar-refractivity contribution in [3.05, 3.63) is 59.4 Å². The van der Waals surface area contributed by atoms with Crippen LogP contribution < -0.4 is 0 Å². The number of nitrogens with zero attached hydrogens (tertiary/aromatic N) is 4. The van der Waals surface area contributed by atoms with Gasteiger partial charge in [-0.25, -0.2) is 14.4 Å². The topological polar surface area (TPSA) is 49.3 Å². The van der Waals surface area contributed by atoms with E-state index in [2.05, 4.69) is 14.9 Å². The Morgan fingerprint density at radius 2 is 2.29 bits per heavy atom. The van der Waals surface area contributed by atoms with Crippen LogP contribution in [0.4, 0.5) is 4.39 Å². The Labute approximate surface area is 141 Å². The average molecular weight is 328 g/mol. The molecule has 1 aromatic heterocycles. The number of fused-ring (bicyclic) bond motifs is 1. The van der Waals surface area contributed by atoms with Crippen molar-refractivity contribution >= 4 is 5.91 Å². The van der Waals surface area contributed by atoms with Crippen molar-refractivity contribution in [1.82, 2.24) is 19.8 Å². The summed E-state index contributed by atoms with van der Waals surface area (Å²) in [4.78, 5) is 24.8. The summed E-state index contributed by atoms with van der Waals surface area (Å²) < 4.78 is 13.3. The van der Waals surface area contributed by atoms with Crippen molar-refractivity contribution in [2.24, 2.45) is 0 Å². The third-order valence-corrected chi connectivity index (χ3v) is 4.49. The van der Waals surface area contributed by atoms with Crippen LogP contribution in [0.3, 0.4) is 0 Å². The molecule has 2 aromatic rings. The van der Waals surface area contributed by atoms with Gasteiger partial charge >= 0.3 is 0 Å². The van der Waals surface area contributed by atoms with E-state index in [-0.39, 0.29) is 17.8 Å². The van der Waals surface area contributed by atoms with E-state index in [1.54, 1.807) is 24.3 Å². The highest BCUT2D eigenvalue weighted by atomic mass is 19.1. The van der Waals surface area contributed by atoms with Crippen molar-refractivity contribution < 1.29 is 9.18 Å². The smallest absolute Gasteiger partial charge is 0.239 e. The molecule has 6 heteroatoms. The van der Waals surface area contributed by atoms with Crippen LogP contribution >= 0.6 is 0 Å². The van der Waals surface area contributed by atoms with Gasteiger partial charge in [0, 0.05) is 32.9 Å². The Balaban J connectivity index is 1.64. The molecule has 2 heterocycles. The Morgan fingerprint density at radius 1 is 1.46 bits per heavy atom. The first-order chi connectivity index (χ1) is 11.5. The first kappa shape index (κ1) is 16.5. The monoisotopic (exact) mass is 328 g/mol. The number of benzene rings is 1. The number of carbonyl (C=O) groups is 1. The summed E-state index contributed by atoms with van der Waals surface area (Å²) in [6.07, 6.45) is 4.24. The second-order valence-corrected chi connectivity index (χ2v) is 6.22. The van der Waals surface area contributed by atoms with E-state index in [9.17, 15) is 9.18 Å². The predicted octanol–water partition coefficient (Wildman–Crippen LogP) is 2.02. The lowest BCUT2D eigenvalue weighted by Crippen LogP contribution is -2.47. The van der Waals surface area contributed by atoms with Gasteiger partial charge in [0.2, 0.25) is 5.91 Å². The van der Waals surface area contributed by atoms with E-state index in [1.807, 2.05) is 19.2 Å². The summed E-state index contributed by atoms with van der Waals surface area (Å²) in [7, 11) is 1.75. The summed E-state index contributed by atoms with van der Waals surface area (Å²) in [6, 6.07) is 6.11. The normalized spacial score (nSPS) is 15.6. The van der Waals surface area contributed by atoms with Crippen molar-refractivity contribution in [1.29, 1.82) is 0 Å². The minimum atomic E-state index is -0.284. The summed E-state index contributed by atoms with van der Waals surface area (Å²) in [5, 5.41) is 0. The van der Waals surface area contributed by atoms with Gasteiger partial charge in [-0.2, -0.15) is 0 Å². The maximum absolute atomic E-state index is 13.3. The van der Waals surface area contributed by atoms with Gasteiger partial charge in [-0.15, -0.1) is 0 Å². The molecule has 0 radical (unpaired) electrons. The maximum atomic E-state index is 13.3. The first-order valence-corrected chi connectivity index (χ1v) is 8.06. The molecule has 5 nitrogen and oxygen atoms in total. The molecule has 0 N–H and O–H groups in total. The maximum Gasteiger partial charge on any atom is 0.239 e. The van der Waals surface area contributed by atoms with Crippen LogP contribution in [0.15, 0.2) is 36.8 Å². The van der Waals surface area contributed by atoms with Gasteiger partial charge in [-0.1, -0.05) is 12.1 Å². The predicted molar refractivity (Wildman–Crippen MR) is 88.5 cm³/mol. The molecule has 3 rings (SSSR count). The van der Waals surface area contributed by atoms with E-state index in [0.717, 1.165) is 29.8 Å². The van der Waals surface area contributed by atoms with Gasteiger partial charge in [0.25, 0.3) is 0 Å². The number of carbonyl (C=O) groups excluding carboxylic acids is 1. The first-order valence-electron chi connectivity index (χ1n) is 8.06. The van der Waals surface area contributed by atoms with Crippen LogP contribution in [0.25, 0.3) is 0 Å². The second kappa shape index (κ2) is 7.05. The number of likely N-dealkylation sites (N-methyl/N-ethyl adjacent to an activating group) is 1. The van der Waals surface area contributed by atoms with Gasteiger partial charge in [0.1, 0.15) is 12.1 Å². The second-order valence-electron chi connectivity index (χ2n) is 6.22. The van der Waals surface area contributed by atoms with E-state index in [0.29, 0.717) is 13.1 Å². The number of amides is 1. The minimum absolute atomic E-state index is 0.0248. The molecule has 1 amide bonds. The number of aromatic nitrogens is 2. The molecule has 0 fully saturated rings. The molecule has 24 heavy (non-hydrogen) atoms. The third-order valence-electron chi connectivity index (χ3n) is 4.49. The van der Waals surface area contributed by atoms with Gasteiger partial charge in [-0.05, 0) is 36.6 Å². The zero-order chi connectivity index (χ0) is 17.1. The average Bonchev–Trinajstić information content (AvgIpc) is 2.60. The Kier molecular flexibility index (Phi) is 4.85. The standard InChI is InChI=1S/C18H21FN4O/c1-13(23-7-6-15-9-20-12-21-17(15)11-23)18(24)22(2)10-14-4-3-5-16(19)8-14/h3-5,8-9,12-13H,6-7,10-11H2,1-2H3. The van der Waals surface area contributed by atoms with Crippen LogP contribution in [0.2, 0.25) is 0 Å². The van der Waals surface area contributed by atoms with Gasteiger partial charge in [0.05, 0.1) is 11.7 Å². The molecule has 1 aliphatic heterocycles. The summed E-state index contributed by atoms with van der Waals surface area (Å²) in [5.41, 5.74) is 2.93. The van der Waals surface area contributed by atoms with E-state index >= 15 is 0 Å². The fraction of sp³-hybridized carbons (Fsp3) is 0.389. The molecule has 0 aliphatic carbocycles. The SMILES string of the molecule is CC(C(=O)N(C)Cc1cccc(F)c1)N1CCc2cncnc2C1. The molecule has 0 saturated heterocycles. The molecule has 1 aromatic carbocycles. The molecule has 1 unspecified atom stereocenters. The Bertz CT molecular complexity index is 736. The zero-order valence-electron chi connectivity index (χ0n) is 13.9. The van der Waals surface area contributed by atoms with E-state index in [4.69, 9.17) is 0 Å². The molecular formula is C18H21FN4O. The van der Waals surface area contributed by atoms with E-state index in [1.165, 1.54) is 12.1 Å². The summed E-state index contributed by atoms with van der Waals surface area (Å²) in [5.74, 6) is -0.259. The van der Waals surface area contributed by atoms with Gasteiger partial charge in [0.15, 0.2) is 0 Å². The lowest BCUT2D eigenvalue weighted by Gasteiger charge is -2.34. The largest absolute Gasteiger partial charge is 0.340 e. The highest BCUT2D eigenvalue weighted by Gasteiger charge is 2.28. The zero-order valence-corrected chi connectivity index (χ0v) is 13.9. The highest BCUT2D eigenvalue weighted by Crippen LogP contribution is 2.19. The highest BCUT2D eigenvalue weighted by molar-refractivity contribution is 5.81. The van der Waals surface area contributed by atoms with Crippen LogP contribution in [-0.2, 0) is 24.3 Å². The quantitative estimate of drug-likeness (QED) is 0.862. The van der Waals surface area contributed by atoms with Crippen LogP contribution in [-0.4, -0.2) is 45.3 Å². The van der Waals surface area contributed by atoms with Crippen molar-refractivity contribution in [2.75, 3.05) is 13.6 Å². The summed E-state index contributed by atoms with van der Waals surface area (Å²) >= 11 is 0. The minimum Gasteiger partial charge on any atom is -0.340 e. The molecule has 1 atom stereocenters.